The predicted octanol–water partition coefficient (Wildman–Crippen LogP) is 2.67. The lowest BCUT2D eigenvalue weighted by molar-refractivity contribution is -0.124. The van der Waals surface area contributed by atoms with Gasteiger partial charge in [-0.05, 0) is 25.3 Å². The van der Waals surface area contributed by atoms with Crippen LogP contribution in [0.15, 0.2) is 24.3 Å². The van der Waals surface area contributed by atoms with E-state index in [1.807, 2.05) is 32.0 Å². The third-order valence-electron chi connectivity index (χ3n) is 3.41. The Kier molecular flexibility index (Phi) is 6.52. The van der Waals surface area contributed by atoms with Crippen LogP contribution >= 0.6 is 0 Å². The summed E-state index contributed by atoms with van der Waals surface area (Å²) in [5.41, 5.74) is 0.722. The van der Waals surface area contributed by atoms with Gasteiger partial charge < -0.3 is 15.2 Å². The fraction of sp³-hybridized carbons (Fsp3) is 0.562. The van der Waals surface area contributed by atoms with Crippen molar-refractivity contribution < 1.29 is 14.6 Å². The minimum Gasteiger partial charge on any atom is -0.483 e. The normalized spacial score (nSPS) is 13.9. The van der Waals surface area contributed by atoms with Crippen molar-refractivity contribution >= 4 is 5.91 Å². The molecular formula is C16H25NO3. The molecule has 4 heteroatoms. The summed E-state index contributed by atoms with van der Waals surface area (Å²) in [4.78, 5) is 11.8. The Bertz CT molecular complexity index is 431. The number of rotatable bonds is 7. The summed E-state index contributed by atoms with van der Waals surface area (Å²) in [5, 5.41) is 12.8. The number of ether oxygens (including phenoxy) is 1. The summed E-state index contributed by atoms with van der Waals surface area (Å²) >= 11 is 0. The number of carbonyl (C=O) groups excluding carboxylic acids is 1. The van der Waals surface area contributed by atoms with Crippen LogP contribution in [0.2, 0.25) is 0 Å². The Morgan fingerprint density at radius 1 is 1.30 bits per heavy atom. The van der Waals surface area contributed by atoms with Crippen molar-refractivity contribution in [2.24, 2.45) is 5.92 Å². The molecule has 4 nitrogen and oxygen atoms in total. The molecule has 1 aromatic carbocycles. The molecule has 0 aromatic heterocycles. The Balaban J connectivity index is 2.59. The van der Waals surface area contributed by atoms with Crippen molar-refractivity contribution in [1.29, 1.82) is 0 Å². The number of para-hydroxylation sites is 1. The number of hydrogen-bond donors (Lipinski definition) is 2. The van der Waals surface area contributed by atoms with Crippen LogP contribution in [0.5, 0.6) is 5.75 Å². The van der Waals surface area contributed by atoms with Gasteiger partial charge in [0.15, 0.2) is 6.61 Å². The summed E-state index contributed by atoms with van der Waals surface area (Å²) in [5.74, 6) is 0.800. The Morgan fingerprint density at radius 3 is 2.55 bits per heavy atom. The topological polar surface area (TPSA) is 58.6 Å². The van der Waals surface area contributed by atoms with Gasteiger partial charge in [-0.2, -0.15) is 0 Å². The van der Waals surface area contributed by atoms with E-state index in [0.29, 0.717) is 18.1 Å². The van der Waals surface area contributed by atoms with E-state index < -0.39 is 6.10 Å². The van der Waals surface area contributed by atoms with E-state index >= 15 is 0 Å². The highest BCUT2D eigenvalue weighted by molar-refractivity contribution is 5.77. The number of aliphatic hydroxyl groups excluding tert-OH is 1. The number of hydrogen-bond acceptors (Lipinski definition) is 3. The number of benzene rings is 1. The Labute approximate surface area is 121 Å². The van der Waals surface area contributed by atoms with Crippen molar-refractivity contribution in [3.05, 3.63) is 29.8 Å². The lowest BCUT2D eigenvalue weighted by Crippen LogP contribution is -2.39. The lowest BCUT2D eigenvalue weighted by atomic mass is 10.1. The van der Waals surface area contributed by atoms with Gasteiger partial charge in [0.25, 0.3) is 5.91 Å². The van der Waals surface area contributed by atoms with E-state index in [1.165, 1.54) is 0 Å². The zero-order chi connectivity index (χ0) is 15.1. The van der Waals surface area contributed by atoms with Crippen LogP contribution in [0.25, 0.3) is 0 Å². The quantitative estimate of drug-likeness (QED) is 0.806. The summed E-state index contributed by atoms with van der Waals surface area (Å²) in [6, 6.07) is 7.38. The largest absolute Gasteiger partial charge is 0.483 e. The first kappa shape index (κ1) is 16.5. The SMILES string of the molecule is CCC(O)c1ccccc1OCC(=O)NC(C)C(C)C. The molecule has 2 atom stereocenters. The second-order valence-corrected chi connectivity index (χ2v) is 5.35. The molecule has 0 aliphatic carbocycles. The van der Waals surface area contributed by atoms with Crippen molar-refractivity contribution in [3.63, 3.8) is 0 Å². The summed E-state index contributed by atoms with van der Waals surface area (Å²) in [7, 11) is 0. The van der Waals surface area contributed by atoms with Gasteiger partial charge in [-0.3, -0.25) is 4.79 Å². The minimum atomic E-state index is -0.566. The first-order chi connectivity index (χ1) is 9.45. The molecule has 0 saturated carbocycles. The first-order valence-corrected chi connectivity index (χ1v) is 7.14. The van der Waals surface area contributed by atoms with E-state index in [9.17, 15) is 9.90 Å². The van der Waals surface area contributed by atoms with Crippen molar-refractivity contribution in [1.82, 2.24) is 5.32 Å². The zero-order valence-corrected chi connectivity index (χ0v) is 12.7. The lowest BCUT2D eigenvalue weighted by Gasteiger charge is -2.18. The van der Waals surface area contributed by atoms with Gasteiger partial charge in [-0.15, -0.1) is 0 Å². The van der Waals surface area contributed by atoms with Crippen molar-refractivity contribution in [2.75, 3.05) is 6.61 Å². The molecule has 1 amide bonds. The van der Waals surface area contributed by atoms with Gasteiger partial charge in [0.05, 0.1) is 6.10 Å². The highest BCUT2D eigenvalue weighted by Gasteiger charge is 2.14. The minimum absolute atomic E-state index is 0.0372. The molecule has 2 N–H and O–H groups in total. The van der Waals surface area contributed by atoms with E-state index in [1.54, 1.807) is 6.07 Å². The third-order valence-corrected chi connectivity index (χ3v) is 3.41. The Morgan fingerprint density at radius 2 is 1.95 bits per heavy atom. The number of nitrogens with one attached hydrogen (secondary N) is 1. The maximum absolute atomic E-state index is 11.8. The van der Waals surface area contributed by atoms with Crippen LogP contribution in [0.1, 0.15) is 45.8 Å². The monoisotopic (exact) mass is 279 g/mol. The molecule has 0 saturated heterocycles. The molecule has 0 aliphatic heterocycles. The van der Waals surface area contributed by atoms with Crippen molar-refractivity contribution in [3.8, 4) is 5.75 Å². The molecule has 0 fully saturated rings. The van der Waals surface area contributed by atoms with Gasteiger partial charge in [0.1, 0.15) is 5.75 Å². The van der Waals surface area contributed by atoms with Crippen LogP contribution in [-0.4, -0.2) is 23.7 Å². The van der Waals surface area contributed by atoms with Gasteiger partial charge in [-0.1, -0.05) is 39.0 Å². The summed E-state index contributed by atoms with van der Waals surface area (Å²) < 4.78 is 5.53. The fourth-order valence-corrected chi connectivity index (χ4v) is 1.71. The predicted molar refractivity (Wildman–Crippen MR) is 79.6 cm³/mol. The maximum Gasteiger partial charge on any atom is 0.258 e. The number of carbonyl (C=O) groups is 1. The molecule has 0 bridgehead atoms. The molecule has 0 radical (unpaired) electrons. The van der Waals surface area contributed by atoms with Gasteiger partial charge in [0, 0.05) is 11.6 Å². The molecule has 0 aliphatic rings. The van der Waals surface area contributed by atoms with E-state index in [0.717, 1.165) is 5.56 Å². The molecular weight excluding hydrogens is 254 g/mol. The highest BCUT2D eigenvalue weighted by Crippen LogP contribution is 2.26. The van der Waals surface area contributed by atoms with Crippen LogP contribution < -0.4 is 10.1 Å². The van der Waals surface area contributed by atoms with E-state index in [2.05, 4.69) is 19.2 Å². The molecule has 1 aromatic rings. The average molecular weight is 279 g/mol. The third kappa shape index (κ3) is 4.85. The summed E-state index contributed by atoms with van der Waals surface area (Å²) in [6.07, 6.45) is 0.0422. The van der Waals surface area contributed by atoms with Crippen LogP contribution in [0.3, 0.4) is 0 Å². The molecule has 0 heterocycles. The second kappa shape index (κ2) is 7.90. The highest BCUT2D eigenvalue weighted by atomic mass is 16.5. The average Bonchev–Trinajstić information content (AvgIpc) is 2.44. The van der Waals surface area contributed by atoms with Crippen molar-refractivity contribution in [2.45, 2.75) is 46.3 Å². The van der Waals surface area contributed by atoms with Crippen LogP contribution in [0, 0.1) is 5.92 Å². The molecule has 2 unspecified atom stereocenters. The molecule has 0 spiro atoms. The Hall–Kier alpha value is -1.55. The summed E-state index contributed by atoms with van der Waals surface area (Å²) in [6.45, 7) is 7.94. The van der Waals surface area contributed by atoms with Gasteiger partial charge >= 0.3 is 0 Å². The first-order valence-electron chi connectivity index (χ1n) is 7.14. The van der Waals surface area contributed by atoms with Gasteiger partial charge in [0.2, 0.25) is 0 Å². The number of amides is 1. The van der Waals surface area contributed by atoms with Crippen LogP contribution in [0.4, 0.5) is 0 Å². The van der Waals surface area contributed by atoms with Crippen LogP contribution in [-0.2, 0) is 4.79 Å². The fourth-order valence-electron chi connectivity index (χ4n) is 1.71. The number of aliphatic hydroxyl groups is 1. The molecule has 112 valence electrons. The zero-order valence-electron chi connectivity index (χ0n) is 12.7. The second-order valence-electron chi connectivity index (χ2n) is 5.35. The maximum atomic E-state index is 11.8. The van der Waals surface area contributed by atoms with E-state index in [4.69, 9.17) is 4.74 Å². The smallest absolute Gasteiger partial charge is 0.258 e. The standard InChI is InChI=1S/C16H25NO3/c1-5-14(18)13-8-6-7-9-15(13)20-10-16(19)17-12(4)11(2)3/h6-9,11-12,14,18H,5,10H2,1-4H3,(H,17,19). The molecule has 1 rings (SSSR count). The van der Waals surface area contributed by atoms with E-state index in [-0.39, 0.29) is 18.6 Å². The van der Waals surface area contributed by atoms with Gasteiger partial charge in [-0.25, -0.2) is 0 Å². The molecule has 20 heavy (non-hydrogen) atoms.